The van der Waals surface area contributed by atoms with E-state index in [2.05, 4.69) is 10.6 Å². The molecular weight excluding hydrogens is 246 g/mol. The summed E-state index contributed by atoms with van der Waals surface area (Å²) in [4.78, 5) is 12.1. The molecule has 0 spiro atoms. The summed E-state index contributed by atoms with van der Waals surface area (Å²) in [5.41, 5.74) is 1.79. The molecule has 0 aliphatic heterocycles. The SMILES string of the molecule is CNc1ccccc1C(=O)Nc1sccc1C#N. The fraction of sp³-hybridized carbons (Fsp3) is 0.0769. The Morgan fingerprint density at radius 2 is 2.11 bits per heavy atom. The lowest BCUT2D eigenvalue weighted by Gasteiger charge is -2.08. The molecule has 0 saturated carbocycles. The number of carbonyl (C=O) groups excluding carboxylic acids is 1. The van der Waals surface area contributed by atoms with E-state index < -0.39 is 0 Å². The van der Waals surface area contributed by atoms with Gasteiger partial charge in [0.2, 0.25) is 0 Å². The number of hydrogen-bond acceptors (Lipinski definition) is 4. The minimum absolute atomic E-state index is 0.223. The van der Waals surface area contributed by atoms with Gasteiger partial charge in [-0.1, -0.05) is 12.1 Å². The van der Waals surface area contributed by atoms with Crippen molar-refractivity contribution in [3.05, 3.63) is 46.8 Å². The van der Waals surface area contributed by atoms with Crippen LogP contribution in [0.2, 0.25) is 0 Å². The van der Waals surface area contributed by atoms with Gasteiger partial charge in [0.1, 0.15) is 11.1 Å². The Balaban J connectivity index is 2.25. The molecule has 5 heteroatoms. The molecule has 90 valence electrons. The van der Waals surface area contributed by atoms with E-state index in [0.717, 1.165) is 5.69 Å². The second-order valence-corrected chi connectivity index (χ2v) is 4.44. The molecule has 2 rings (SSSR count). The number of hydrogen-bond donors (Lipinski definition) is 2. The van der Waals surface area contributed by atoms with Gasteiger partial charge in [-0.05, 0) is 23.6 Å². The molecular formula is C13H11N3OS. The number of para-hydroxylation sites is 1. The zero-order valence-electron chi connectivity index (χ0n) is 9.73. The fourth-order valence-corrected chi connectivity index (χ4v) is 2.30. The van der Waals surface area contributed by atoms with Gasteiger partial charge in [-0.25, -0.2) is 0 Å². The number of nitriles is 1. The minimum Gasteiger partial charge on any atom is -0.387 e. The van der Waals surface area contributed by atoms with Crippen molar-refractivity contribution in [2.75, 3.05) is 17.7 Å². The molecule has 0 radical (unpaired) electrons. The van der Waals surface area contributed by atoms with Crippen molar-refractivity contribution in [3.8, 4) is 6.07 Å². The second-order valence-electron chi connectivity index (χ2n) is 3.52. The number of carbonyl (C=O) groups is 1. The number of anilines is 2. The third kappa shape index (κ3) is 2.34. The van der Waals surface area contributed by atoms with Crippen molar-refractivity contribution in [2.24, 2.45) is 0 Å². The highest BCUT2D eigenvalue weighted by atomic mass is 32.1. The standard InChI is InChI=1S/C13H11N3OS/c1-15-11-5-3-2-4-10(11)12(17)16-13-9(8-14)6-7-18-13/h2-7,15H,1H3,(H,16,17). The predicted molar refractivity (Wildman–Crippen MR) is 73.0 cm³/mol. The third-order valence-electron chi connectivity index (χ3n) is 2.45. The molecule has 1 heterocycles. The number of nitrogens with one attached hydrogen (secondary N) is 2. The Bertz CT molecular complexity index is 613. The summed E-state index contributed by atoms with van der Waals surface area (Å²) in [6.45, 7) is 0. The molecule has 0 aliphatic carbocycles. The van der Waals surface area contributed by atoms with Crippen LogP contribution in [0.3, 0.4) is 0 Å². The first kappa shape index (κ1) is 12.1. The van der Waals surface area contributed by atoms with Gasteiger partial charge in [0.25, 0.3) is 5.91 Å². The lowest BCUT2D eigenvalue weighted by Crippen LogP contribution is -2.13. The normalized spacial score (nSPS) is 9.56. The highest BCUT2D eigenvalue weighted by Gasteiger charge is 2.12. The van der Waals surface area contributed by atoms with Crippen molar-refractivity contribution >= 4 is 27.9 Å². The fourth-order valence-electron chi connectivity index (χ4n) is 1.56. The van der Waals surface area contributed by atoms with E-state index in [1.807, 2.05) is 18.2 Å². The van der Waals surface area contributed by atoms with E-state index in [9.17, 15) is 4.79 Å². The van der Waals surface area contributed by atoms with Gasteiger partial charge in [-0.15, -0.1) is 11.3 Å². The van der Waals surface area contributed by atoms with Gasteiger partial charge >= 0.3 is 0 Å². The molecule has 1 aromatic heterocycles. The number of benzene rings is 1. The summed E-state index contributed by atoms with van der Waals surface area (Å²) in [6, 6.07) is 10.9. The van der Waals surface area contributed by atoms with E-state index in [0.29, 0.717) is 16.1 Å². The van der Waals surface area contributed by atoms with E-state index in [1.165, 1.54) is 11.3 Å². The lowest BCUT2D eigenvalue weighted by molar-refractivity contribution is 0.102. The maximum absolute atomic E-state index is 12.1. The molecule has 18 heavy (non-hydrogen) atoms. The van der Waals surface area contributed by atoms with Crippen molar-refractivity contribution in [2.45, 2.75) is 0 Å². The second kappa shape index (κ2) is 5.34. The van der Waals surface area contributed by atoms with Gasteiger partial charge in [-0.3, -0.25) is 4.79 Å². The minimum atomic E-state index is -0.223. The predicted octanol–water partition coefficient (Wildman–Crippen LogP) is 2.91. The zero-order chi connectivity index (χ0) is 13.0. The van der Waals surface area contributed by atoms with E-state index in [1.54, 1.807) is 30.6 Å². The average Bonchev–Trinajstić information content (AvgIpc) is 2.85. The molecule has 0 bridgehead atoms. The van der Waals surface area contributed by atoms with Crippen LogP contribution < -0.4 is 10.6 Å². The Hall–Kier alpha value is -2.32. The van der Waals surface area contributed by atoms with Crippen molar-refractivity contribution in [3.63, 3.8) is 0 Å². The van der Waals surface area contributed by atoms with Crippen molar-refractivity contribution in [1.82, 2.24) is 0 Å². The first-order valence-electron chi connectivity index (χ1n) is 5.32. The first-order chi connectivity index (χ1) is 8.76. The van der Waals surface area contributed by atoms with Gasteiger partial charge < -0.3 is 10.6 Å². The monoisotopic (exact) mass is 257 g/mol. The molecule has 1 aromatic carbocycles. The quantitative estimate of drug-likeness (QED) is 0.888. The maximum atomic E-state index is 12.1. The molecule has 0 aliphatic rings. The molecule has 0 atom stereocenters. The summed E-state index contributed by atoms with van der Waals surface area (Å²) >= 11 is 1.34. The highest BCUT2D eigenvalue weighted by Crippen LogP contribution is 2.24. The van der Waals surface area contributed by atoms with Crippen LogP contribution in [0.1, 0.15) is 15.9 Å². The van der Waals surface area contributed by atoms with E-state index >= 15 is 0 Å². The van der Waals surface area contributed by atoms with Gasteiger partial charge in [-0.2, -0.15) is 5.26 Å². The van der Waals surface area contributed by atoms with Crippen LogP contribution in [0.15, 0.2) is 35.7 Å². The van der Waals surface area contributed by atoms with Crippen LogP contribution in [0.5, 0.6) is 0 Å². The lowest BCUT2D eigenvalue weighted by atomic mass is 10.1. The summed E-state index contributed by atoms with van der Waals surface area (Å²) < 4.78 is 0. The summed E-state index contributed by atoms with van der Waals surface area (Å²) in [5.74, 6) is -0.223. The highest BCUT2D eigenvalue weighted by molar-refractivity contribution is 7.14. The molecule has 1 amide bonds. The summed E-state index contributed by atoms with van der Waals surface area (Å²) in [6.07, 6.45) is 0. The number of nitrogens with zero attached hydrogens (tertiary/aromatic N) is 1. The largest absolute Gasteiger partial charge is 0.387 e. The molecule has 2 N–H and O–H groups in total. The first-order valence-corrected chi connectivity index (χ1v) is 6.20. The van der Waals surface area contributed by atoms with Crippen LogP contribution in [-0.4, -0.2) is 13.0 Å². The Kier molecular flexibility index (Phi) is 3.60. The molecule has 4 nitrogen and oxygen atoms in total. The average molecular weight is 257 g/mol. The number of amides is 1. The number of rotatable bonds is 3. The number of thiophene rings is 1. The van der Waals surface area contributed by atoms with Crippen LogP contribution in [0.4, 0.5) is 10.7 Å². The van der Waals surface area contributed by atoms with Crippen LogP contribution in [0, 0.1) is 11.3 Å². The van der Waals surface area contributed by atoms with Gasteiger partial charge in [0.15, 0.2) is 0 Å². The third-order valence-corrected chi connectivity index (χ3v) is 3.28. The Morgan fingerprint density at radius 1 is 1.33 bits per heavy atom. The van der Waals surface area contributed by atoms with Gasteiger partial charge in [0.05, 0.1) is 11.1 Å². The van der Waals surface area contributed by atoms with Crippen LogP contribution >= 0.6 is 11.3 Å². The van der Waals surface area contributed by atoms with Gasteiger partial charge in [0, 0.05) is 12.7 Å². The topological polar surface area (TPSA) is 64.9 Å². The van der Waals surface area contributed by atoms with Crippen LogP contribution in [-0.2, 0) is 0 Å². The summed E-state index contributed by atoms with van der Waals surface area (Å²) in [7, 11) is 1.76. The van der Waals surface area contributed by atoms with Crippen molar-refractivity contribution in [1.29, 1.82) is 5.26 Å². The Morgan fingerprint density at radius 3 is 2.83 bits per heavy atom. The zero-order valence-corrected chi connectivity index (χ0v) is 10.5. The maximum Gasteiger partial charge on any atom is 0.258 e. The van der Waals surface area contributed by atoms with E-state index in [4.69, 9.17) is 5.26 Å². The molecule has 0 saturated heterocycles. The van der Waals surface area contributed by atoms with Crippen LogP contribution in [0.25, 0.3) is 0 Å². The Labute approximate surface area is 109 Å². The molecule has 0 unspecified atom stereocenters. The van der Waals surface area contributed by atoms with Crippen molar-refractivity contribution < 1.29 is 4.79 Å². The smallest absolute Gasteiger partial charge is 0.258 e. The molecule has 2 aromatic rings. The van der Waals surface area contributed by atoms with E-state index in [-0.39, 0.29) is 5.91 Å². The summed E-state index contributed by atoms with van der Waals surface area (Å²) in [5, 5.41) is 16.9. The molecule has 0 fully saturated rings.